The fourth-order valence-corrected chi connectivity index (χ4v) is 1.84. The third-order valence-corrected chi connectivity index (χ3v) is 3.64. The van der Waals surface area contributed by atoms with E-state index < -0.39 is 97.6 Å². The molecule has 0 unspecified atom stereocenters. The molecular formula is C17H26O19. The average molecular weight is 534 g/mol. The molecule has 19 nitrogen and oxygen atoms in total. The van der Waals surface area contributed by atoms with E-state index in [0.717, 1.165) is 0 Å². The van der Waals surface area contributed by atoms with Gasteiger partial charge in [-0.05, 0) is 0 Å². The van der Waals surface area contributed by atoms with E-state index in [2.05, 4.69) is 0 Å². The molecule has 3 atom stereocenters. The molecule has 0 aliphatic heterocycles. The number of aliphatic hydroxyl groups excluding tert-OH is 4. The first kappa shape index (κ1) is 36.8. The van der Waals surface area contributed by atoms with E-state index in [1.807, 2.05) is 0 Å². The van der Waals surface area contributed by atoms with Crippen molar-refractivity contribution in [3.05, 3.63) is 0 Å². The Kier molecular flexibility index (Phi) is 17.2. The first-order valence-corrected chi connectivity index (χ1v) is 9.08. The fraction of sp³-hybridized carbons (Fsp3) is 0.588. The van der Waals surface area contributed by atoms with Gasteiger partial charge in [0.2, 0.25) is 0 Å². The van der Waals surface area contributed by atoms with E-state index in [9.17, 15) is 33.6 Å². The van der Waals surface area contributed by atoms with Crippen LogP contribution in [0.4, 0.5) is 0 Å². The molecule has 0 heterocycles. The number of aliphatic carboxylic acids is 6. The molecule has 0 amide bonds. The molecule has 0 aliphatic carbocycles. The monoisotopic (exact) mass is 534 g/mol. The van der Waals surface area contributed by atoms with E-state index >= 15 is 0 Å². The molecule has 0 aliphatic rings. The summed E-state index contributed by atoms with van der Waals surface area (Å²) in [5.41, 5.74) is -5.48. The summed E-state index contributed by atoms with van der Waals surface area (Å²) >= 11 is 0. The van der Waals surface area contributed by atoms with Crippen LogP contribution in [-0.2, 0) is 33.6 Å². The second-order valence-corrected chi connectivity index (χ2v) is 6.82. The predicted molar refractivity (Wildman–Crippen MR) is 105 cm³/mol. The van der Waals surface area contributed by atoms with Crippen LogP contribution < -0.4 is 0 Å². The summed E-state index contributed by atoms with van der Waals surface area (Å²) in [6.07, 6.45) is -9.21. The Labute approximate surface area is 199 Å². The van der Waals surface area contributed by atoms with Crippen molar-refractivity contribution < 1.29 is 94.8 Å². The minimum Gasteiger partial charge on any atom is -0.481 e. The van der Waals surface area contributed by atoms with Crippen molar-refractivity contribution in [2.75, 3.05) is 6.61 Å². The van der Waals surface area contributed by atoms with Crippen molar-refractivity contribution in [1.82, 2.24) is 0 Å². The largest absolute Gasteiger partial charge is 0.481 e. The van der Waals surface area contributed by atoms with Crippen molar-refractivity contribution in [2.45, 2.75) is 55.2 Å². The lowest BCUT2D eigenvalue weighted by molar-refractivity contribution is -0.170. The molecule has 36 heavy (non-hydrogen) atoms. The van der Waals surface area contributed by atoms with Gasteiger partial charge in [-0.1, -0.05) is 0 Å². The number of carboxylic acid groups (broad SMARTS) is 6. The minimum atomic E-state index is -2.74. The Morgan fingerprint density at radius 2 is 0.861 bits per heavy atom. The molecule has 0 bridgehead atoms. The van der Waals surface area contributed by atoms with E-state index in [1.54, 1.807) is 0 Å². The second kappa shape index (κ2) is 16.8. The van der Waals surface area contributed by atoms with Crippen LogP contribution in [0.1, 0.15) is 25.7 Å². The van der Waals surface area contributed by atoms with Gasteiger partial charge in [0.05, 0.1) is 32.3 Å². The molecule has 0 aromatic carbocycles. The molecule has 0 aromatic heterocycles. The number of aliphatic hydroxyl groups is 6. The maximum Gasteiger partial charge on any atom is 0.336 e. The zero-order chi connectivity index (χ0) is 29.4. The Bertz CT molecular complexity index is 705. The molecule has 0 aromatic rings. The molecule has 208 valence electrons. The highest BCUT2D eigenvalue weighted by molar-refractivity contribution is 5.88. The number of aldehydes is 1. The molecule has 0 fully saturated rings. The Hall–Kier alpha value is -3.75. The highest BCUT2D eigenvalue weighted by atomic mass is 16.4. The highest BCUT2D eigenvalue weighted by Crippen LogP contribution is 2.16. The van der Waals surface area contributed by atoms with Gasteiger partial charge in [-0.2, -0.15) is 0 Å². The van der Waals surface area contributed by atoms with Gasteiger partial charge in [0, 0.05) is 0 Å². The van der Waals surface area contributed by atoms with E-state index in [4.69, 9.17) is 61.3 Å². The zero-order valence-corrected chi connectivity index (χ0v) is 18.1. The van der Waals surface area contributed by atoms with Gasteiger partial charge in [-0.25, -0.2) is 9.59 Å². The Morgan fingerprint density at radius 1 is 0.611 bits per heavy atom. The molecule has 0 rings (SSSR count). The van der Waals surface area contributed by atoms with Gasteiger partial charge in [0.15, 0.2) is 17.5 Å². The molecule has 0 saturated carbocycles. The lowest BCUT2D eigenvalue weighted by Gasteiger charge is -2.18. The van der Waals surface area contributed by atoms with Crippen molar-refractivity contribution in [1.29, 1.82) is 0 Å². The first-order chi connectivity index (χ1) is 16.2. The maximum absolute atomic E-state index is 10.3. The molecule has 0 spiro atoms. The maximum atomic E-state index is 10.3. The number of rotatable bonds is 14. The molecule has 0 saturated heterocycles. The lowest BCUT2D eigenvalue weighted by Crippen LogP contribution is -2.42. The van der Waals surface area contributed by atoms with Gasteiger partial charge in [0.1, 0.15) is 18.3 Å². The Morgan fingerprint density at radius 3 is 1.00 bits per heavy atom. The van der Waals surface area contributed by atoms with E-state index in [1.165, 1.54) is 0 Å². The third kappa shape index (κ3) is 16.0. The molecular weight excluding hydrogens is 508 g/mol. The van der Waals surface area contributed by atoms with E-state index in [-0.39, 0.29) is 6.29 Å². The van der Waals surface area contributed by atoms with Gasteiger partial charge in [-0.3, -0.25) is 19.2 Å². The lowest BCUT2D eigenvalue weighted by atomic mass is 9.96. The highest BCUT2D eigenvalue weighted by Gasteiger charge is 2.41. The smallest absolute Gasteiger partial charge is 0.336 e. The number of carbonyl (C=O) groups excluding carboxylic acids is 1. The SMILES string of the molecule is O=C(O)CC(O)(CC(=O)O)C(=O)O.O=C(O)CC(O)(CC(=O)O)C(=O)O.O=C[C@H](O)[C@@H](O)[C@H](O)CO. The quantitative estimate of drug-likeness (QED) is 0.0925. The van der Waals surface area contributed by atoms with Crippen molar-refractivity contribution >= 4 is 42.1 Å². The topological polar surface area (TPSA) is 362 Å². The molecule has 12 N–H and O–H groups in total. The summed E-state index contributed by atoms with van der Waals surface area (Å²) in [6, 6.07) is 0. The average Bonchev–Trinajstić information content (AvgIpc) is 2.70. The van der Waals surface area contributed by atoms with Crippen LogP contribution in [0.25, 0.3) is 0 Å². The standard InChI is InChI=1S/2C6H8O7.C5H10O5/c2*7-3(8)1-6(13,5(11)12)2-4(9)10;6-1-3(8)5(10)4(9)2-7/h2*13H,1-2H2,(H,7,8)(H,9,10)(H,11,12);1,3-5,7-10H,2H2/t;;3-,4+,5+/m..0/s1. The molecule has 0 radical (unpaired) electrons. The van der Waals surface area contributed by atoms with Crippen LogP contribution >= 0.6 is 0 Å². The van der Waals surface area contributed by atoms with Crippen LogP contribution in [0.3, 0.4) is 0 Å². The Balaban J connectivity index is -0.000000459. The van der Waals surface area contributed by atoms with Gasteiger partial charge in [-0.15, -0.1) is 0 Å². The van der Waals surface area contributed by atoms with Crippen LogP contribution in [0.15, 0.2) is 0 Å². The van der Waals surface area contributed by atoms with Crippen molar-refractivity contribution in [3.8, 4) is 0 Å². The van der Waals surface area contributed by atoms with Crippen LogP contribution in [-0.4, -0.2) is 140 Å². The summed E-state index contributed by atoms with van der Waals surface area (Å²) < 4.78 is 0. The van der Waals surface area contributed by atoms with Gasteiger partial charge < -0.3 is 66.1 Å². The zero-order valence-electron chi connectivity index (χ0n) is 18.1. The third-order valence-electron chi connectivity index (χ3n) is 3.64. The summed E-state index contributed by atoms with van der Waals surface area (Å²) in [4.78, 5) is 70.7. The van der Waals surface area contributed by atoms with Crippen molar-refractivity contribution in [2.24, 2.45) is 0 Å². The molecule has 19 heteroatoms. The first-order valence-electron chi connectivity index (χ1n) is 9.08. The predicted octanol–water partition coefficient (Wildman–Crippen LogP) is -5.24. The second-order valence-electron chi connectivity index (χ2n) is 6.82. The van der Waals surface area contributed by atoms with Crippen LogP contribution in [0, 0.1) is 0 Å². The summed E-state index contributed by atoms with van der Waals surface area (Å²) in [5, 5.41) is 102. The normalized spacial score (nSPS) is 13.3. The summed E-state index contributed by atoms with van der Waals surface area (Å²) in [6.45, 7) is -0.688. The minimum absolute atomic E-state index is 0.0869. The van der Waals surface area contributed by atoms with Crippen molar-refractivity contribution in [3.63, 3.8) is 0 Å². The summed E-state index contributed by atoms with van der Waals surface area (Å²) in [5.74, 6) is -10.0. The summed E-state index contributed by atoms with van der Waals surface area (Å²) in [7, 11) is 0. The number of carbonyl (C=O) groups is 7. The number of hydrogen-bond donors (Lipinski definition) is 12. The fourth-order valence-electron chi connectivity index (χ4n) is 1.84. The van der Waals surface area contributed by atoms with E-state index in [0.29, 0.717) is 0 Å². The van der Waals surface area contributed by atoms with Gasteiger partial charge >= 0.3 is 35.8 Å². The van der Waals surface area contributed by atoms with Gasteiger partial charge in [0.25, 0.3) is 0 Å². The number of carboxylic acids is 6. The van der Waals surface area contributed by atoms with Crippen LogP contribution in [0.5, 0.6) is 0 Å². The van der Waals surface area contributed by atoms with Crippen LogP contribution in [0.2, 0.25) is 0 Å². The number of hydrogen-bond acceptors (Lipinski definition) is 13.